The highest BCUT2D eigenvalue weighted by Crippen LogP contribution is 2.13. The van der Waals surface area contributed by atoms with Crippen molar-refractivity contribution < 1.29 is 19.1 Å². The van der Waals surface area contributed by atoms with Gasteiger partial charge in [-0.25, -0.2) is 0 Å². The van der Waals surface area contributed by atoms with Gasteiger partial charge in [0.1, 0.15) is 5.75 Å². The van der Waals surface area contributed by atoms with Gasteiger partial charge in [-0.2, -0.15) is 0 Å². The topological polar surface area (TPSA) is 55.8 Å². The number of aryl methyl sites for hydroxylation is 1. The van der Waals surface area contributed by atoms with Gasteiger partial charge in [0.05, 0.1) is 13.0 Å². The normalized spacial score (nSPS) is 11.6. The largest absolute Gasteiger partial charge is 0.484 e. The quantitative estimate of drug-likeness (QED) is 0.691. The number of hydrogen-bond acceptors (Lipinski definition) is 4. The SMILES string of the molecule is CCc1ccc(OCC(=O)N(CC)CC(C)C(=O)OC)cc1. The third kappa shape index (κ3) is 5.39. The second kappa shape index (κ2) is 9.07. The molecular formula is C17H25NO4. The average Bonchev–Trinajstić information content (AvgIpc) is 2.56. The van der Waals surface area contributed by atoms with Crippen LogP contribution in [0.1, 0.15) is 26.3 Å². The lowest BCUT2D eigenvalue weighted by Crippen LogP contribution is -2.39. The van der Waals surface area contributed by atoms with Crippen molar-refractivity contribution in [2.75, 3.05) is 26.8 Å². The van der Waals surface area contributed by atoms with E-state index in [-0.39, 0.29) is 24.4 Å². The Kier molecular flexibility index (Phi) is 7.43. The van der Waals surface area contributed by atoms with Crippen LogP contribution in [0.2, 0.25) is 0 Å². The van der Waals surface area contributed by atoms with Crippen LogP contribution in [0.15, 0.2) is 24.3 Å². The van der Waals surface area contributed by atoms with E-state index in [4.69, 9.17) is 4.74 Å². The van der Waals surface area contributed by atoms with Gasteiger partial charge in [-0.3, -0.25) is 9.59 Å². The molecule has 122 valence electrons. The van der Waals surface area contributed by atoms with Crippen molar-refractivity contribution >= 4 is 11.9 Å². The summed E-state index contributed by atoms with van der Waals surface area (Å²) >= 11 is 0. The van der Waals surface area contributed by atoms with Gasteiger partial charge in [0.2, 0.25) is 0 Å². The lowest BCUT2D eigenvalue weighted by Gasteiger charge is -2.23. The molecule has 0 aliphatic carbocycles. The van der Waals surface area contributed by atoms with E-state index in [0.717, 1.165) is 6.42 Å². The summed E-state index contributed by atoms with van der Waals surface area (Å²) in [5, 5.41) is 0. The zero-order chi connectivity index (χ0) is 16.5. The molecule has 0 heterocycles. The Morgan fingerprint density at radius 2 is 1.82 bits per heavy atom. The van der Waals surface area contributed by atoms with Gasteiger partial charge in [-0.15, -0.1) is 0 Å². The predicted molar refractivity (Wildman–Crippen MR) is 84.7 cm³/mol. The Labute approximate surface area is 132 Å². The maximum atomic E-state index is 12.2. The van der Waals surface area contributed by atoms with Crippen molar-refractivity contribution in [3.63, 3.8) is 0 Å². The van der Waals surface area contributed by atoms with Gasteiger partial charge in [-0.05, 0) is 31.0 Å². The summed E-state index contributed by atoms with van der Waals surface area (Å²) in [5.41, 5.74) is 1.22. The van der Waals surface area contributed by atoms with Gasteiger partial charge in [0.15, 0.2) is 6.61 Å². The van der Waals surface area contributed by atoms with Crippen molar-refractivity contribution in [2.45, 2.75) is 27.2 Å². The Hall–Kier alpha value is -2.04. The molecule has 0 saturated heterocycles. The van der Waals surface area contributed by atoms with Crippen LogP contribution in [-0.2, 0) is 20.7 Å². The van der Waals surface area contributed by atoms with E-state index >= 15 is 0 Å². The standard InChI is InChI=1S/C17H25NO4/c1-5-14-7-9-15(10-8-14)22-12-16(19)18(6-2)11-13(3)17(20)21-4/h7-10,13H,5-6,11-12H2,1-4H3. The summed E-state index contributed by atoms with van der Waals surface area (Å²) in [6.45, 7) is 6.52. The molecule has 0 bridgehead atoms. The molecule has 0 aliphatic rings. The minimum atomic E-state index is -0.349. The van der Waals surface area contributed by atoms with Crippen molar-refractivity contribution in [3.05, 3.63) is 29.8 Å². The Morgan fingerprint density at radius 1 is 1.18 bits per heavy atom. The van der Waals surface area contributed by atoms with Crippen LogP contribution in [0, 0.1) is 5.92 Å². The molecule has 1 unspecified atom stereocenters. The van der Waals surface area contributed by atoms with Crippen LogP contribution in [0.3, 0.4) is 0 Å². The Morgan fingerprint density at radius 3 is 2.32 bits per heavy atom. The molecule has 0 aliphatic heterocycles. The van der Waals surface area contributed by atoms with Crippen LogP contribution in [0.5, 0.6) is 5.75 Å². The van der Waals surface area contributed by atoms with E-state index in [9.17, 15) is 9.59 Å². The van der Waals surface area contributed by atoms with Gasteiger partial charge in [0.25, 0.3) is 5.91 Å². The molecule has 0 aromatic heterocycles. The number of carbonyl (C=O) groups excluding carboxylic acids is 2. The number of likely N-dealkylation sites (N-methyl/N-ethyl adjacent to an activating group) is 1. The third-order valence-corrected chi connectivity index (χ3v) is 3.53. The minimum Gasteiger partial charge on any atom is -0.484 e. The van der Waals surface area contributed by atoms with E-state index < -0.39 is 0 Å². The molecule has 0 saturated carbocycles. The second-order valence-electron chi connectivity index (χ2n) is 5.14. The number of carbonyl (C=O) groups is 2. The lowest BCUT2D eigenvalue weighted by molar-refractivity contribution is -0.146. The second-order valence-corrected chi connectivity index (χ2v) is 5.14. The zero-order valence-corrected chi connectivity index (χ0v) is 13.8. The molecule has 0 N–H and O–H groups in total. The first-order valence-corrected chi connectivity index (χ1v) is 7.59. The van der Waals surface area contributed by atoms with Gasteiger partial charge in [-0.1, -0.05) is 26.0 Å². The van der Waals surface area contributed by atoms with E-state index in [0.29, 0.717) is 18.8 Å². The first-order chi connectivity index (χ1) is 10.5. The number of benzene rings is 1. The molecule has 1 rings (SSSR count). The van der Waals surface area contributed by atoms with Crippen molar-refractivity contribution in [3.8, 4) is 5.75 Å². The fourth-order valence-electron chi connectivity index (χ4n) is 2.07. The fraction of sp³-hybridized carbons (Fsp3) is 0.529. The number of hydrogen-bond donors (Lipinski definition) is 0. The molecule has 0 spiro atoms. The van der Waals surface area contributed by atoms with Gasteiger partial charge < -0.3 is 14.4 Å². The smallest absolute Gasteiger partial charge is 0.310 e. The molecule has 0 fully saturated rings. The number of amides is 1. The first-order valence-electron chi connectivity index (χ1n) is 7.59. The van der Waals surface area contributed by atoms with Gasteiger partial charge >= 0.3 is 5.97 Å². The summed E-state index contributed by atoms with van der Waals surface area (Å²) in [6, 6.07) is 7.69. The van der Waals surface area contributed by atoms with Gasteiger partial charge in [0, 0.05) is 13.1 Å². The highest BCUT2D eigenvalue weighted by Gasteiger charge is 2.20. The van der Waals surface area contributed by atoms with Crippen molar-refractivity contribution in [1.82, 2.24) is 4.90 Å². The molecule has 1 amide bonds. The van der Waals surface area contributed by atoms with Crippen LogP contribution >= 0.6 is 0 Å². The Balaban J connectivity index is 2.52. The summed E-state index contributed by atoms with van der Waals surface area (Å²) in [5.74, 6) is -0.138. The zero-order valence-electron chi connectivity index (χ0n) is 13.8. The number of methoxy groups -OCH3 is 1. The molecule has 5 nitrogen and oxygen atoms in total. The van der Waals surface area contributed by atoms with E-state index in [1.165, 1.54) is 12.7 Å². The van der Waals surface area contributed by atoms with E-state index in [2.05, 4.69) is 11.7 Å². The highest BCUT2D eigenvalue weighted by molar-refractivity contribution is 5.79. The summed E-state index contributed by atoms with van der Waals surface area (Å²) < 4.78 is 10.2. The average molecular weight is 307 g/mol. The van der Waals surface area contributed by atoms with Crippen LogP contribution < -0.4 is 4.74 Å². The summed E-state index contributed by atoms with van der Waals surface area (Å²) in [4.78, 5) is 25.2. The lowest BCUT2D eigenvalue weighted by atomic mass is 10.1. The van der Waals surface area contributed by atoms with Crippen molar-refractivity contribution in [2.24, 2.45) is 5.92 Å². The molecule has 1 atom stereocenters. The van der Waals surface area contributed by atoms with Crippen LogP contribution in [-0.4, -0.2) is 43.6 Å². The number of ether oxygens (including phenoxy) is 2. The molecular weight excluding hydrogens is 282 g/mol. The molecule has 1 aromatic rings. The van der Waals surface area contributed by atoms with Crippen LogP contribution in [0.25, 0.3) is 0 Å². The minimum absolute atomic E-state index is 0.0345. The fourth-order valence-corrected chi connectivity index (χ4v) is 2.07. The van der Waals surface area contributed by atoms with Crippen molar-refractivity contribution in [1.29, 1.82) is 0 Å². The molecule has 1 aromatic carbocycles. The number of esters is 1. The third-order valence-electron chi connectivity index (χ3n) is 3.53. The van der Waals surface area contributed by atoms with E-state index in [1.54, 1.807) is 11.8 Å². The summed E-state index contributed by atoms with van der Waals surface area (Å²) in [7, 11) is 1.35. The summed E-state index contributed by atoms with van der Waals surface area (Å²) in [6.07, 6.45) is 0.967. The van der Waals surface area contributed by atoms with E-state index in [1.807, 2.05) is 31.2 Å². The maximum absolute atomic E-state index is 12.2. The van der Waals surface area contributed by atoms with Crippen LogP contribution in [0.4, 0.5) is 0 Å². The molecule has 22 heavy (non-hydrogen) atoms. The number of nitrogens with zero attached hydrogens (tertiary/aromatic N) is 1. The predicted octanol–water partition coefficient (Wildman–Crippen LogP) is 2.29. The molecule has 5 heteroatoms. The monoisotopic (exact) mass is 307 g/mol. The number of rotatable bonds is 8. The maximum Gasteiger partial charge on any atom is 0.310 e. The molecule has 0 radical (unpaired) electrons. The highest BCUT2D eigenvalue weighted by atomic mass is 16.5. The Bertz CT molecular complexity index is 484. The first kappa shape index (κ1) is 18.0.